The summed E-state index contributed by atoms with van der Waals surface area (Å²) in [5.41, 5.74) is 5.71. The van der Waals surface area contributed by atoms with Crippen LogP contribution in [0.25, 0.3) is 0 Å². The van der Waals surface area contributed by atoms with E-state index in [1.165, 1.54) is 0 Å². The second-order valence-electron chi connectivity index (χ2n) is 4.84. The van der Waals surface area contributed by atoms with E-state index in [2.05, 4.69) is 0 Å². The van der Waals surface area contributed by atoms with Crippen molar-refractivity contribution in [2.75, 3.05) is 5.75 Å². The first-order valence-electron chi connectivity index (χ1n) is 5.91. The Kier molecular flexibility index (Phi) is 9.99. The maximum absolute atomic E-state index is 9.79. The molecule has 0 aliphatic carbocycles. The minimum absolute atomic E-state index is 0.0833. The van der Waals surface area contributed by atoms with Gasteiger partial charge in [-0.2, -0.15) is 8.42 Å². The summed E-state index contributed by atoms with van der Waals surface area (Å²) in [6.07, 6.45) is 0.110. The molecule has 5 nitrogen and oxygen atoms in total. The monoisotopic (exact) mass is 269 g/mol. The van der Waals surface area contributed by atoms with Gasteiger partial charge in [-0.1, -0.05) is 34.6 Å². The van der Waals surface area contributed by atoms with Gasteiger partial charge in [-0.15, -0.1) is 0 Å². The van der Waals surface area contributed by atoms with Crippen LogP contribution in [0, 0.1) is 11.8 Å². The molecule has 0 aromatic rings. The molecule has 0 saturated heterocycles. The van der Waals surface area contributed by atoms with Crippen molar-refractivity contribution < 1.29 is 18.1 Å². The third-order valence-corrected chi connectivity index (χ3v) is 3.23. The lowest BCUT2D eigenvalue weighted by Crippen LogP contribution is -2.42. The lowest BCUT2D eigenvalue weighted by molar-refractivity contribution is 0.0813. The molecule has 4 N–H and O–H groups in total. The number of hydrogen-bond acceptors (Lipinski definition) is 4. The van der Waals surface area contributed by atoms with Gasteiger partial charge in [0.05, 0.1) is 11.9 Å². The van der Waals surface area contributed by atoms with E-state index >= 15 is 0 Å². The van der Waals surface area contributed by atoms with Crippen molar-refractivity contribution in [2.24, 2.45) is 17.6 Å². The Morgan fingerprint density at radius 2 is 1.53 bits per heavy atom. The Labute approximate surface area is 105 Å². The first-order chi connectivity index (χ1) is 7.52. The van der Waals surface area contributed by atoms with E-state index in [0.717, 1.165) is 0 Å². The second-order valence-corrected chi connectivity index (χ2v) is 6.41. The van der Waals surface area contributed by atoms with Gasteiger partial charge in [-0.05, 0) is 18.3 Å². The van der Waals surface area contributed by atoms with E-state index < -0.39 is 10.1 Å². The number of aliphatic hydroxyl groups excluding tert-OH is 1. The molecule has 6 heteroatoms. The molecule has 0 amide bonds. The van der Waals surface area contributed by atoms with Gasteiger partial charge >= 0.3 is 0 Å². The molecule has 106 valence electrons. The van der Waals surface area contributed by atoms with Crippen LogP contribution in [0.3, 0.4) is 0 Å². The highest BCUT2D eigenvalue weighted by atomic mass is 32.2. The van der Waals surface area contributed by atoms with Crippen LogP contribution in [0.15, 0.2) is 0 Å². The van der Waals surface area contributed by atoms with Crippen LogP contribution in [0.4, 0.5) is 0 Å². The summed E-state index contributed by atoms with van der Waals surface area (Å²) < 4.78 is 27.6. The predicted octanol–water partition coefficient (Wildman–Crippen LogP) is 1.27. The molecule has 2 atom stereocenters. The van der Waals surface area contributed by atoms with Gasteiger partial charge in [0.2, 0.25) is 0 Å². The molecule has 2 unspecified atom stereocenters. The maximum atomic E-state index is 9.79. The van der Waals surface area contributed by atoms with E-state index in [1.54, 1.807) is 6.92 Å². The van der Waals surface area contributed by atoms with Gasteiger partial charge in [0.25, 0.3) is 10.1 Å². The molecule has 0 spiro atoms. The SMILES string of the molecule is CC(C)C(N)C(O)C(C)C.CCCS(=O)(=O)O. The zero-order valence-corrected chi connectivity index (χ0v) is 12.2. The fourth-order valence-corrected chi connectivity index (χ4v) is 1.61. The zero-order valence-electron chi connectivity index (χ0n) is 11.4. The Morgan fingerprint density at radius 1 is 1.12 bits per heavy atom. The molecule has 0 aliphatic heterocycles. The van der Waals surface area contributed by atoms with Crippen molar-refractivity contribution in [3.63, 3.8) is 0 Å². The topological polar surface area (TPSA) is 101 Å². The third-order valence-electron chi connectivity index (χ3n) is 2.31. The van der Waals surface area contributed by atoms with E-state index in [9.17, 15) is 13.5 Å². The molecule has 0 bridgehead atoms. The third kappa shape index (κ3) is 12.1. The minimum Gasteiger partial charge on any atom is -0.391 e. The average Bonchev–Trinajstić information content (AvgIpc) is 2.14. The van der Waals surface area contributed by atoms with Crippen molar-refractivity contribution in [2.45, 2.75) is 53.2 Å². The molecular weight excluding hydrogens is 242 g/mol. The van der Waals surface area contributed by atoms with Crippen LogP contribution >= 0.6 is 0 Å². The van der Waals surface area contributed by atoms with Crippen molar-refractivity contribution in [1.82, 2.24) is 0 Å². The van der Waals surface area contributed by atoms with Crippen molar-refractivity contribution in [3.8, 4) is 0 Å². The summed E-state index contributed by atoms with van der Waals surface area (Å²) in [6.45, 7) is 9.69. The molecule has 0 fully saturated rings. The van der Waals surface area contributed by atoms with E-state index in [4.69, 9.17) is 10.3 Å². The summed E-state index contributed by atoms with van der Waals surface area (Å²) in [5, 5.41) is 9.44. The summed E-state index contributed by atoms with van der Waals surface area (Å²) in [6, 6.07) is -0.0833. The van der Waals surface area contributed by atoms with Crippen LogP contribution in [0.2, 0.25) is 0 Å². The summed E-state index contributed by atoms with van der Waals surface area (Å²) in [4.78, 5) is 0. The summed E-state index contributed by atoms with van der Waals surface area (Å²) in [7, 11) is -3.67. The first kappa shape index (κ1) is 19.2. The number of aliphatic hydroxyl groups is 1. The largest absolute Gasteiger partial charge is 0.391 e. The van der Waals surface area contributed by atoms with Gasteiger partial charge in [0.1, 0.15) is 0 Å². The first-order valence-corrected chi connectivity index (χ1v) is 7.52. The molecular formula is C11H27NO4S. The molecule has 0 radical (unpaired) electrons. The second kappa shape index (κ2) is 8.85. The van der Waals surface area contributed by atoms with Crippen molar-refractivity contribution in [1.29, 1.82) is 0 Å². The zero-order chi connectivity index (χ0) is 14.2. The standard InChI is InChI=1S/C8H19NO.C3H8O3S/c1-5(2)7(9)8(10)6(3)4;1-2-3-7(4,5)6/h5-8,10H,9H2,1-4H3;2-3H2,1H3,(H,4,5,6). The lowest BCUT2D eigenvalue weighted by Gasteiger charge is -2.24. The number of hydrogen-bond donors (Lipinski definition) is 3. The van der Waals surface area contributed by atoms with Gasteiger partial charge in [-0.25, -0.2) is 0 Å². The Balaban J connectivity index is 0. The lowest BCUT2D eigenvalue weighted by atomic mass is 9.92. The molecule has 17 heavy (non-hydrogen) atoms. The highest BCUT2D eigenvalue weighted by Crippen LogP contribution is 2.10. The van der Waals surface area contributed by atoms with E-state index in [-0.39, 0.29) is 23.8 Å². The molecule has 0 heterocycles. The molecule has 0 aromatic heterocycles. The highest BCUT2D eigenvalue weighted by molar-refractivity contribution is 7.85. The Bertz CT molecular complexity index is 263. The fraction of sp³-hybridized carbons (Fsp3) is 1.00. The van der Waals surface area contributed by atoms with Crippen LogP contribution in [-0.2, 0) is 10.1 Å². The average molecular weight is 269 g/mol. The van der Waals surface area contributed by atoms with Gasteiger partial charge in [0.15, 0.2) is 0 Å². The smallest absolute Gasteiger partial charge is 0.264 e. The predicted molar refractivity (Wildman–Crippen MR) is 70.4 cm³/mol. The van der Waals surface area contributed by atoms with Crippen molar-refractivity contribution in [3.05, 3.63) is 0 Å². The summed E-state index contributed by atoms with van der Waals surface area (Å²) in [5.74, 6) is 0.488. The van der Waals surface area contributed by atoms with Gasteiger partial charge in [0, 0.05) is 6.04 Å². The highest BCUT2D eigenvalue weighted by Gasteiger charge is 2.20. The number of rotatable bonds is 5. The van der Waals surface area contributed by atoms with Crippen molar-refractivity contribution >= 4 is 10.1 Å². The number of nitrogens with two attached hydrogens (primary N) is 1. The van der Waals surface area contributed by atoms with Crippen LogP contribution in [0.5, 0.6) is 0 Å². The molecule has 0 aliphatic rings. The Morgan fingerprint density at radius 3 is 1.59 bits per heavy atom. The molecule has 0 saturated carbocycles. The maximum Gasteiger partial charge on any atom is 0.264 e. The fourth-order valence-electron chi connectivity index (χ4n) is 1.10. The molecule has 0 rings (SSSR count). The van der Waals surface area contributed by atoms with E-state index in [1.807, 2.05) is 27.7 Å². The van der Waals surface area contributed by atoms with Gasteiger partial charge < -0.3 is 10.8 Å². The molecule has 0 aromatic carbocycles. The van der Waals surface area contributed by atoms with E-state index in [0.29, 0.717) is 12.3 Å². The van der Waals surface area contributed by atoms with Crippen LogP contribution < -0.4 is 5.73 Å². The van der Waals surface area contributed by atoms with Gasteiger partial charge in [-0.3, -0.25) is 4.55 Å². The van der Waals surface area contributed by atoms with Crippen LogP contribution in [0.1, 0.15) is 41.0 Å². The summed E-state index contributed by atoms with van der Waals surface area (Å²) >= 11 is 0. The quantitative estimate of drug-likeness (QED) is 0.653. The minimum atomic E-state index is -3.67. The van der Waals surface area contributed by atoms with Crippen LogP contribution in [-0.4, -0.2) is 36.0 Å². The normalized spacial score (nSPS) is 15.4. The Hall–Kier alpha value is -0.170.